The van der Waals surface area contributed by atoms with Crippen LogP contribution in [0, 0.1) is 5.92 Å². The third-order valence-electron chi connectivity index (χ3n) is 4.65. The molecule has 2 aromatic rings. The van der Waals surface area contributed by atoms with Crippen molar-refractivity contribution >= 4 is 33.2 Å². The van der Waals surface area contributed by atoms with Gasteiger partial charge < -0.3 is 11.5 Å². The number of piperidine rings is 1. The number of amides is 1. The smallest absolute Gasteiger partial charge is 0.243 e. The number of carbonyl (C=O) groups is 1. The SMILES string of the molecule is NC(=O)C1CCN(S(=O)(=O)c2ccc(-c3ccc(N)cc3Cl)cc2)CC1. The summed E-state index contributed by atoms with van der Waals surface area (Å²) in [5, 5.41) is 0.508. The molecule has 0 bridgehead atoms. The number of nitrogen functional groups attached to an aromatic ring is 1. The van der Waals surface area contributed by atoms with Crippen LogP contribution in [0.15, 0.2) is 47.4 Å². The number of hydrogen-bond donors (Lipinski definition) is 2. The molecule has 1 fully saturated rings. The topological polar surface area (TPSA) is 106 Å². The van der Waals surface area contributed by atoms with E-state index in [1.54, 1.807) is 42.5 Å². The van der Waals surface area contributed by atoms with Gasteiger partial charge in [-0.1, -0.05) is 29.8 Å². The Balaban J connectivity index is 1.80. The lowest BCUT2D eigenvalue weighted by Crippen LogP contribution is -2.41. The average Bonchev–Trinajstić information content (AvgIpc) is 2.62. The molecule has 1 heterocycles. The fraction of sp³-hybridized carbons (Fsp3) is 0.278. The first-order chi connectivity index (χ1) is 12.3. The maximum absolute atomic E-state index is 12.8. The normalized spacial score (nSPS) is 16.5. The first-order valence-corrected chi connectivity index (χ1v) is 10.1. The lowest BCUT2D eigenvalue weighted by Gasteiger charge is -2.29. The van der Waals surface area contributed by atoms with Crippen LogP contribution in [0.4, 0.5) is 5.69 Å². The standard InChI is InChI=1S/C18H20ClN3O3S/c19-17-11-14(20)3-6-16(17)12-1-4-15(5-2-12)26(24,25)22-9-7-13(8-10-22)18(21)23/h1-6,11,13H,7-10,20H2,(H2,21,23). The first-order valence-electron chi connectivity index (χ1n) is 8.24. The molecule has 2 aromatic carbocycles. The molecule has 4 N–H and O–H groups in total. The van der Waals surface area contributed by atoms with Gasteiger partial charge in [0.1, 0.15) is 0 Å². The van der Waals surface area contributed by atoms with E-state index in [9.17, 15) is 13.2 Å². The van der Waals surface area contributed by atoms with Crippen LogP contribution in [-0.4, -0.2) is 31.7 Å². The summed E-state index contributed by atoms with van der Waals surface area (Å²) in [6, 6.07) is 11.8. The summed E-state index contributed by atoms with van der Waals surface area (Å²) in [6.45, 7) is 0.586. The van der Waals surface area contributed by atoms with Crippen LogP contribution in [-0.2, 0) is 14.8 Å². The van der Waals surface area contributed by atoms with Gasteiger partial charge in [0.25, 0.3) is 0 Å². The van der Waals surface area contributed by atoms with Crippen LogP contribution in [0.1, 0.15) is 12.8 Å². The second kappa shape index (κ2) is 7.26. The Bertz CT molecular complexity index is 921. The summed E-state index contributed by atoms with van der Waals surface area (Å²) >= 11 is 6.21. The summed E-state index contributed by atoms with van der Waals surface area (Å²) < 4.78 is 27.0. The number of benzene rings is 2. The van der Waals surface area contributed by atoms with E-state index >= 15 is 0 Å². The molecule has 0 aromatic heterocycles. The fourth-order valence-corrected chi connectivity index (χ4v) is 4.87. The molecule has 138 valence electrons. The van der Waals surface area contributed by atoms with Crippen molar-refractivity contribution in [2.75, 3.05) is 18.8 Å². The van der Waals surface area contributed by atoms with Gasteiger partial charge in [-0.3, -0.25) is 4.79 Å². The van der Waals surface area contributed by atoms with Gasteiger partial charge in [-0.15, -0.1) is 0 Å². The van der Waals surface area contributed by atoms with Crippen LogP contribution in [0.25, 0.3) is 11.1 Å². The molecule has 6 nitrogen and oxygen atoms in total. The summed E-state index contributed by atoms with van der Waals surface area (Å²) in [5.74, 6) is -0.622. The van der Waals surface area contributed by atoms with Gasteiger partial charge in [0.05, 0.1) is 9.92 Å². The van der Waals surface area contributed by atoms with Gasteiger partial charge in [-0.05, 0) is 42.7 Å². The highest BCUT2D eigenvalue weighted by molar-refractivity contribution is 7.89. The van der Waals surface area contributed by atoms with Crippen molar-refractivity contribution in [1.29, 1.82) is 0 Å². The van der Waals surface area contributed by atoms with E-state index in [1.807, 2.05) is 0 Å². The van der Waals surface area contributed by atoms with E-state index in [2.05, 4.69) is 0 Å². The highest BCUT2D eigenvalue weighted by Gasteiger charge is 2.31. The summed E-state index contributed by atoms with van der Waals surface area (Å²) in [6.07, 6.45) is 0.904. The van der Waals surface area contributed by atoms with Gasteiger partial charge in [0.15, 0.2) is 0 Å². The van der Waals surface area contributed by atoms with Crippen molar-refractivity contribution in [3.8, 4) is 11.1 Å². The maximum Gasteiger partial charge on any atom is 0.243 e. The number of halogens is 1. The van der Waals surface area contributed by atoms with Gasteiger partial charge in [0.2, 0.25) is 15.9 Å². The first kappa shape index (κ1) is 18.7. The van der Waals surface area contributed by atoms with E-state index < -0.39 is 10.0 Å². The minimum absolute atomic E-state index is 0.213. The Kier molecular flexibility index (Phi) is 5.22. The summed E-state index contributed by atoms with van der Waals surface area (Å²) in [4.78, 5) is 11.5. The molecule has 0 saturated carbocycles. The molecule has 0 radical (unpaired) electrons. The molecule has 1 aliphatic rings. The number of nitrogens with zero attached hydrogens (tertiary/aromatic N) is 1. The zero-order valence-corrected chi connectivity index (χ0v) is 15.6. The van der Waals surface area contributed by atoms with Gasteiger partial charge >= 0.3 is 0 Å². The molecule has 0 aliphatic carbocycles. The highest BCUT2D eigenvalue weighted by atomic mass is 35.5. The van der Waals surface area contributed by atoms with Crippen LogP contribution >= 0.6 is 11.6 Å². The second-order valence-electron chi connectivity index (χ2n) is 6.34. The third kappa shape index (κ3) is 3.70. The Labute approximate surface area is 157 Å². The maximum atomic E-state index is 12.8. The number of hydrogen-bond acceptors (Lipinski definition) is 4. The molecule has 0 atom stereocenters. The van der Waals surface area contributed by atoms with Crippen molar-refractivity contribution in [2.45, 2.75) is 17.7 Å². The number of sulfonamides is 1. The van der Waals surface area contributed by atoms with Gasteiger partial charge in [-0.25, -0.2) is 8.42 Å². The monoisotopic (exact) mass is 393 g/mol. The lowest BCUT2D eigenvalue weighted by molar-refractivity contribution is -0.122. The molecular weight excluding hydrogens is 374 g/mol. The Hall–Kier alpha value is -2.09. The minimum atomic E-state index is -3.60. The van der Waals surface area contributed by atoms with Crippen LogP contribution in [0.5, 0.6) is 0 Å². The third-order valence-corrected chi connectivity index (χ3v) is 6.88. The van der Waals surface area contributed by atoms with Crippen molar-refractivity contribution < 1.29 is 13.2 Å². The van der Waals surface area contributed by atoms with E-state index in [0.29, 0.717) is 36.6 Å². The quantitative estimate of drug-likeness (QED) is 0.778. The summed E-state index contributed by atoms with van der Waals surface area (Å²) in [7, 11) is -3.60. The zero-order valence-electron chi connectivity index (χ0n) is 14.1. The van der Waals surface area contributed by atoms with Crippen LogP contribution in [0.3, 0.4) is 0 Å². The van der Waals surface area contributed by atoms with Crippen molar-refractivity contribution in [2.24, 2.45) is 11.7 Å². The van der Waals surface area contributed by atoms with Crippen LogP contribution < -0.4 is 11.5 Å². The average molecular weight is 394 g/mol. The van der Waals surface area contributed by atoms with E-state index in [1.165, 1.54) is 4.31 Å². The molecule has 1 saturated heterocycles. The second-order valence-corrected chi connectivity index (χ2v) is 8.69. The predicted octanol–water partition coefficient (Wildman–Crippen LogP) is 2.48. The summed E-state index contributed by atoms with van der Waals surface area (Å²) in [5.41, 5.74) is 13.2. The number of rotatable bonds is 4. The lowest BCUT2D eigenvalue weighted by atomic mass is 9.98. The van der Waals surface area contributed by atoms with E-state index in [4.69, 9.17) is 23.1 Å². The Morgan fingerprint density at radius 1 is 1.08 bits per heavy atom. The number of nitrogens with two attached hydrogens (primary N) is 2. The zero-order chi connectivity index (χ0) is 18.9. The molecule has 3 rings (SSSR count). The Morgan fingerprint density at radius 2 is 1.69 bits per heavy atom. The number of anilines is 1. The molecule has 8 heteroatoms. The molecule has 1 aliphatic heterocycles. The minimum Gasteiger partial charge on any atom is -0.399 e. The fourth-order valence-electron chi connectivity index (χ4n) is 3.10. The molecular formula is C18H20ClN3O3S. The Morgan fingerprint density at radius 3 is 2.23 bits per heavy atom. The molecule has 1 amide bonds. The van der Waals surface area contributed by atoms with Gasteiger partial charge in [-0.2, -0.15) is 4.31 Å². The number of carbonyl (C=O) groups excluding carboxylic acids is 1. The number of primary amides is 1. The van der Waals surface area contributed by atoms with Gasteiger partial charge in [0, 0.05) is 30.3 Å². The van der Waals surface area contributed by atoms with Crippen molar-refractivity contribution in [1.82, 2.24) is 4.31 Å². The van der Waals surface area contributed by atoms with Crippen molar-refractivity contribution in [3.63, 3.8) is 0 Å². The molecule has 0 spiro atoms. The van der Waals surface area contributed by atoms with E-state index in [-0.39, 0.29) is 16.7 Å². The van der Waals surface area contributed by atoms with E-state index in [0.717, 1.165) is 11.1 Å². The highest BCUT2D eigenvalue weighted by Crippen LogP contribution is 2.31. The predicted molar refractivity (Wildman–Crippen MR) is 102 cm³/mol. The largest absolute Gasteiger partial charge is 0.399 e. The van der Waals surface area contributed by atoms with Crippen molar-refractivity contribution in [3.05, 3.63) is 47.5 Å². The molecule has 0 unspecified atom stereocenters. The molecule has 26 heavy (non-hydrogen) atoms. The van der Waals surface area contributed by atoms with Crippen LogP contribution in [0.2, 0.25) is 5.02 Å².